The zero-order valence-corrected chi connectivity index (χ0v) is 9.32. The van der Waals surface area contributed by atoms with Gasteiger partial charge in [-0.25, -0.2) is 0 Å². The largest absolute Gasteiger partial charge is 0.389 e. The molecule has 2 rings (SSSR count). The third-order valence-corrected chi connectivity index (χ3v) is 2.64. The van der Waals surface area contributed by atoms with Gasteiger partial charge in [0.15, 0.2) is 0 Å². The van der Waals surface area contributed by atoms with Crippen LogP contribution in [0.2, 0.25) is 0 Å². The number of aromatic nitrogens is 1. The molecule has 1 aromatic heterocycles. The smallest absolute Gasteiger partial charge is 0.0777 e. The van der Waals surface area contributed by atoms with Crippen molar-refractivity contribution in [3.8, 4) is 0 Å². The summed E-state index contributed by atoms with van der Waals surface area (Å²) in [6, 6.07) is 7.86. The molecule has 1 N–H and O–H groups in total. The molecular formula is C11H10BrNO. The van der Waals surface area contributed by atoms with Crippen molar-refractivity contribution in [1.82, 2.24) is 4.98 Å². The second-order valence-electron chi connectivity index (χ2n) is 3.28. The van der Waals surface area contributed by atoms with Gasteiger partial charge in [0.1, 0.15) is 0 Å². The van der Waals surface area contributed by atoms with Gasteiger partial charge < -0.3 is 5.11 Å². The maximum atomic E-state index is 9.40. The summed E-state index contributed by atoms with van der Waals surface area (Å²) in [7, 11) is 0. The van der Waals surface area contributed by atoms with E-state index in [0.717, 1.165) is 20.9 Å². The van der Waals surface area contributed by atoms with Gasteiger partial charge in [-0.3, -0.25) is 4.98 Å². The van der Waals surface area contributed by atoms with Gasteiger partial charge >= 0.3 is 0 Å². The molecule has 0 spiro atoms. The van der Waals surface area contributed by atoms with Crippen molar-refractivity contribution in [2.24, 2.45) is 0 Å². The standard InChI is InChI=1S/C11H10BrNO/c1-7(14)9-4-8-5-10(12)2-3-11(8)13-6-9/h2-7,14H,1H3. The van der Waals surface area contributed by atoms with E-state index in [1.807, 2.05) is 24.3 Å². The summed E-state index contributed by atoms with van der Waals surface area (Å²) in [5, 5.41) is 10.4. The Balaban J connectivity index is 2.63. The third kappa shape index (κ3) is 1.79. The van der Waals surface area contributed by atoms with Crippen LogP contribution in [0.15, 0.2) is 34.9 Å². The van der Waals surface area contributed by atoms with Crippen LogP contribution in [-0.2, 0) is 0 Å². The lowest BCUT2D eigenvalue weighted by Gasteiger charge is -2.05. The third-order valence-electron chi connectivity index (χ3n) is 2.15. The fraction of sp³-hybridized carbons (Fsp3) is 0.182. The molecule has 0 aliphatic heterocycles. The predicted octanol–water partition coefficient (Wildman–Crippen LogP) is 3.05. The minimum atomic E-state index is -0.467. The van der Waals surface area contributed by atoms with Crippen molar-refractivity contribution < 1.29 is 5.11 Å². The van der Waals surface area contributed by atoms with Crippen LogP contribution in [0.4, 0.5) is 0 Å². The Labute approximate surface area is 90.7 Å². The molecular weight excluding hydrogens is 242 g/mol. The summed E-state index contributed by atoms with van der Waals surface area (Å²) in [4.78, 5) is 4.26. The number of hydrogen-bond acceptors (Lipinski definition) is 2. The van der Waals surface area contributed by atoms with Crippen molar-refractivity contribution in [2.45, 2.75) is 13.0 Å². The van der Waals surface area contributed by atoms with Gasteiger partial charge in [-0.2, -0.15) is 0 Å². The molecule has 1 unspecified atom stereocenters. The summed E-state index contributed by atoms with van der Waals surface area (Å²) in [6.07, 6.45) is 1.24. The quantitative estimate of drug-likeness (QED) is 0.846. The van der Waals surface area contributed by atoms with Gasteiger partial charge in [-0.05, 0) is 36.8 Å². The van der Waals surface area contributed by atoms with E-state index in [1.165, 1.54) is 0 Å². The number of benzene rings is 1. The minimum absolute atomic E-state index is 0.467. The van der Waals surface area contributed by atoms with Crippen LogP contribution in [0.1, 0.15) is 18.6 Å². The summed E-state index contributed by atoms with van der Waals surface area (Å²) < 4.78 is 1.02. The number of aliphatic hydroxyl groups is 1. The molecule has 0 bridgehead atoms. The monoisotopic (exact) mass is 251 g/mol. The maximum Gasteiger partial charge on any atom is 0.0777 e. The Bertz CT molecular complexity index is 468. The number of pyridine rings is 1. The summed E-state index contributed by atoms with van der Waals surface area (Å²) >= 11 is 3.40. The van der Waals surface area contributed by atoms with Crippen LogP contribution in [0.25, 0.3) is 10.9 Å². The predicted molar refractivity (Wildman–Crippen MR) is 60.1 cm³/mol. The molecule has 14 heavy (non-hydrogen) atoms. The molecule has 0 radical (unpaired) electrons. The highest BCUT2D eigenvalue weighted by Gasteiger charge is 2.02. The van der Waals surface area contributed by atoms with Crippen LogP contribution in [0, 0.1) is 0 Å². The normalized spacial score (nSPS) is 13.1. The lowest BCUT2D eigenvalue weighted by molar-refractivity contribution is 0.199. The number of rotatable bonds is 1. The van der Waals surface area contributed by atoms with Gasteiger partial charge in [-0.1, -0.05) is 15.9 Å². The van der Waals surface area contributed by atoms with Crippen molar-refractivity contribution in [1.29, 1.82) is 0 Å². The van der Waals surface area contributed by atoms with Gasteiger partial charge in [0, 0.05) is 16.1 Å². The average molecular weight is 252 g/mol. The molecule has 3 heteroatoms. The number of halogens is 1. The highest BCUT2D eigenvalue weighted by molar-refractivity contribution is 9.10. The first-order valence-corrected chi connectivity index (χ1v) is 5.19. The van der Waals surface area contributed by atoms with Crippen molar-refractivity contribution in [3.63, 3.8) is 0 Å². The zero-order valence-electron chi connectivity index (χ0n) is 7.74. The Morgan fingerprint density at radius 2 is 2.14 bits per heavy atom. The van der Waals surface area contributed by atoms with Crippen LogP contribution in [-0.4, -0.2) is 10.1 Å². The average Bonchev–Trinajstić information content (AvgIpc) is 2.16. The first kappa shape index (κ1) is 9.62. The number of aliphatic hydroxyl groups excluding tert-OH is 1. The first-order chi connectivity index (χ1) is 6.66. The van der Waals surface area contributed by atoms with Crippen LogP contribution < -0.4 is 0 Å². The van der Waals surface area contributed by atoms with E-state index in [-0.39, 0.29) is 0 Å². The molecule has 1 aromatic carbocycles. The number of fused-ring (bicyclic) bond motifs is 1. The van der Waals surface area contributed by atoms with Crippen molar-refractivity contribution >= 4 is 26.8 Å². The molecule has 1 atom stereocenters. The first-order valence-electron chi connectivity index (χ1n) is 4.40. The summed E-state index contributed by atoms with van der Waals surface area (Å²) in [6.45, 7) is 1.74. The minimum Gasteiger partial charge on any atom is -0.389 e. The van der Waals surface area contributed by atoms with E-state index in [1.54, 1.807) is 13.1 Å². The molecule has 0 aliphatic carbocycles. The molecule has 0 saturated carbocycles. The van der Waals surface area contributed by atoms with E-state index in [2.05, 4.69) is 20.9 Å². The molecule has 1 heterocycles. The van der Waals surface area contributed by atoms with E-state index >= 15 is 0 Å². The number of nitrogens with zero attached hydrogens (tertiary/aromatic N) is 1. The summed E-state index contributed by atoms with van der Waals surface area (Å²) in [5.41, 5.74) is 1.79. The van der Waals surface area contributed by atoms with Gasteiger partial charge in [0.05, 0.1) is 11.6 Å². The molecule has 0 fully saturated rings. The van der Waals surface area contributed by atoms with Crippen LogP contribution in [0.5, 0.6) is 0 Å². The van der Waals surface area contributed by atoms with E-state index < -0.39 is 6.10 Å². The lowest BCUT2D eigenvalue weighted by atomic mass is 10.1. The van der Waals surface area contributed by atoms with Crippen molar-refractivity contribution in [2.75, 3.05) is 0 Å². The molecule has 2 aromatic rings. The second kappa shape index (κ2) is 3.67. The Hall–Kier alpha value is -0.930. The zero-order chi connectivity index (χ0) is 10.1. The molecule has 0 amide bonds. The van der Waals surface area contributed by atoms with Gasteiger partial charge in [-0.15, -0.1) is 0 Å². The van der Waals surface area contributed by atoms with E-state index in [0.29, 0.717) is 0 Å². The second-order valence-corrected chi connectivity index (χ2v) is 4.20. The van der Waals surface area contributed by atoms with Crippen molar-refractivity contribution in [3.05, 3.63) is 40.5 Å². The molecule has 0 saturated heterocycles. The number of hydrogen-bond donors (Lipinski definition) is 1. The van der Waals surface area contributed by atoms with E-state index in [9.17, 15) is 5.11 Å². The van der Waals surface area contributed by atoms with E-state index in [4.69, 9.17) is 0 Å². The van der Waals surface area contributed by atoms with Gasteiger partial charge in [0.25, 0.3) is 0 Å². The summed E-state index contributed by atoms with van der Waals surface area (Å²) in [5.74, 6) is 0. The lowest BCUT2D eigenvalue weighted by Crippen LogP contribution is -1.92. The SMILES string of the molecule is CC(O)c1cnc2ccc(Br)cc2c1. The molecule has 2 nitrogen and oxygen atoms in total. The Morgan fingerprint density at radius 3 is 2.86 bits per heavy atom. The maximum absolute atomic E-state index is 9.40. The molecule has 72 valence electrons. The van der Waals surface area contributed by atoms with Crippen LogP contribution >= 0.6 is 15.9 Å². The highest BCUT2D eigenvalue weighted by Crippen LogP contribution is 2.21. The molecule has 0 aliphatic rings. The Morgan fingerprint density at radius 1 is 1.36 bits per heavy atom. The topological polar surface area (TPSA) is 33.1 Å². The van der Waals surface area contributed by atoms with Gasteiger partial charge in [0.2, 0.25) is 0 Å². The van der Waals surface area contributed by atoms with Crippen LogP contribution in [0.3, 0.4) is 0 Å². The fourth-order valence-electron chi connectivity index (χ4n) is 1.35. The highest BCUT2D eigenvalue weighted by atomic mass is 79.9. The fourth-order valence-corrected chi connectivity index (χ4v) is 1.73. The Kier molecular flexibility index (Phi) is 2.52.